The number of rotatable bonds is 8. The van der Waals surface area contributed by atoms with Crippen molar-refractivity contribution in [2.24, 2.45) is 5.73 Å². The fourth-order valence-corrected chi connectivity index (χ4v) is 1.62. The third-order valence-corrected chi connectivity index (χ3v) is 2.66. The minimum absolute atomic E-state index is 0.0740. The van der Waals surface area contributed by atoms with Crippen molar-refractivity contribution in [1.29, 1.82) is 0 Å². The van der Waals surface area contributed by atoms with E-state index >= 15 is 0 Å². The Morgan fingerprint density at radius 2 is 1.80 bits per heavy atom. The predicted octanol–water partition coefficient (Wildman–Crippen LogP) is -0.0184. The lowest BCUT2D eigenvalue weighted by atomic mass is 10.3. The number of alkyl carbamates (subject to hydrolysis) is 1. The first-order valence-electron chi connectivity index (χ1n) is 6.60. The van der Waals surface area contributed by atoms with Gasteiger partial charge in [0, 0.05) is 19.6 Å². The summed E-state index contributed by atoms with van der Waals surface area (Å²) in [6.07, 6.45) is -0.298. The van der Waals surface area contributed by atoms with Gasteiger partial charge >= 0.3 is 12.1 Å². The summed E-state index contributed by atoms with van der Waals surface area (Å²) in [6, 6.07) is -0.947. The summed E-state index contributed by atoms with van der Waals surface area (Å²) in [5.74, 6) is 0.0740. The van der Waals surface area contributed by atoms with Crippen LogP contribution in [0.5, 0.6) is 0 Å². The van der Waals surface area contributed by atoms with E-state index in [1.807, 2.05) is 25.8 Å². The van der Waals surface area contributed by atoms with Gasteiger partial charge in [0.15, 0.2) is 0 Å². The van der Waals surface area contributed by atoms with Crippen LogP contribution < -0.4 is 11.1 Å². The van der Waals surface area contributed by atoms with E-state index in [0.717, 1.165) is 0 Å². The number of nitrogens with zero attached hydrogens (tertiary/aromatic N) is 2. The molecular formula is C12H24N4O4. The topological polar surface area (TPSA) is 105 Å². The normalized spacial score (nSPS) is 10.2. The first-order chi connectivity index (χ1) is 9.40. The van der Waals surface area contributed by atoms with Gasteiger partial charge in [-0.05, 0) is 27.3 Å². The highest BCUT2D eigenvalue weighted by molar-refractivity contribution is 5.89. The van der Waals surface area contributed by atoms with Crippen LogP contribution >= 0.6 is 0 Å². The van der Waals surface area contributed by atoms with Crippen LogP contribution in [0.2, 0.25) is 0 Å². The largest absolute Gasteiger partial charge is 0.449 e. The van der Waals surface area contributed by atoms with Crippen LogP contribution in [0.25, 0.3) is 0 Å². The summed E-state index contributed by atoms with van der Waals surface area (Å²) in [5, 5.41) is 1.80. The van der Waals surface area contributed by atoms with Gasteiger partial charge < -0.3 is 15.4 Å². The molecule has 4 amide bonds. The predicted molar refractivity (Wildman–Crippen MR) is 74.1 cm³/mol. The quantitative estimate of drug-likeness (QED) is 0.611. The summed E-state index contributed by atoms with van der Waals surface area (Å²) < 4.78 is 4.73. The number of nitrogens with one attached hydrogen (secondary N) is 1. The maximum absolute atomic E-state index is 11.8. The van der Waals surface area contributed by atoms with Crippen LogP contribution in [0.3, 0.4) is 0 Å². The average molecular weight is 288 g/mol. The average Bonchev–Trinajstić information content (AvgIpc) is 2.35. The van der Waals surface area contributed by atoms with Crippen LogP contribution in [-0.4, -0.2) is 67.7 Å². The number of carbonyl (C=O) groups is 3. The van der Waals surface area contributed by atoms with Crippen molar-refractivity contribution in [3.63, 3.8) is 0 Å². The SMILES string of the molecule is CCN(CC)C(=O)CN(C)CCCOC(=O)NC(N)=O. The maximum atomic E-state index is 11.8. The number of primary amides is 1. The molecule has 0 heterocycles. The highest BCUT2D eigenvalue weighted by Gasteiger charge is 2.12. The Bertz CT molecular complexity index is 331. The van der Waals surface area contributed by atoms with Gasteiger partial charge in [0.1, 0.15) is 0 Å². The van der Waals surface area contributed by atoms with Gasteiger partial charge in [-0.25, -0.2) is 14.9 Å². The molecule has 0 unspecified atom stereocenters. The Hall–Kier alpha value is -1.83. The molecule has 0 fully saturated rings. The number of ether oxygens (including phenoxy) is 1. The molecule has 0 aliphatic rings. The minimum atomic E-state index is -0.947. The van der Waals surface area contributed by atoms with Crippen molar-refractivity contribution in [3.05, 3.63) is 0 Å². The van der Waals surface area contributed by atoms with E-state index in [1.54, 1.807) is 10.2 Å². The number of imide groups is 1. The number of likely N-dealkylation sites (N-methyl/N-ethyl adjacent to an activating group) is 2. The molecule has 0 aliphatic heterocycles. The lowest BCUT2D eigenvalue weighted by Gasteiger charge is -2.22. The van der Waals surface area contributed by atoms with Crippen LogP contribution in [0.15, 0.2) is 0 Å². The number of carbonyl (C=O) groups excluding carboxylic acids is 3. The van der Waals surface area contributed by atoms with Crippen LogP contribution in [0.1, 0.15) is 20.3 Å². The van der Waals surface area contributed by atoms with Gasteiger partial charge in [-0.3, -0.25) is 9.69 Å². The van der Waals surface area contributed by atoms with Crippen molar-refractivity contribution in [1.82, 2.24) is 15.1 Å². The van der Waals surface area contributed by atoms with Gasteiger partial charge in [-0.1, -0.05) is 0 Å². The van der Waals surface area contributed by atoms with Crippen molar-refractivity contribution >= 4 is 18.0 Å². The Morgan fingerprint density at radius 3 is 2.30 bits per heavy atom. The molecule has 0 atom stereocenters. The molecule has 8 heteroatoms. The smallest absolute Gasteiger partial charge is 0.415 e. The molecule has 0 radical (unpaired) electrons. The Labute approximate surface area is 119 Å². The van der Waals surface area contributed by atoms with Crippen molar-refractivity contribution in [2.75, 3.05) is 39.8 Å². The molecule has 0 aromatic rings. The summed E-state index contributed by atoms with van der Waals surface area (Å²) in [5.41, 5.74) is 4.75. The molecule has 0 spiro atoms. The molecular weight excluding hydrogens is 264 g/mol. The van der Waals surface area contributed by atoms with Crippen LogP contribution in [-0.2, 0) is 9.53 Å². The number of amides is 4. The highest BCUT2D eigenvalue weighted by atomic mass is 16.5. The van der Waals surface area contributed by atoms with Gasteiger partial charge in [0.2, 0.25) is 5.91 Å². The Balaban J connectivity index is 3.78. The van der Waals surface area contributed by atoms with Gasteiger partial charge in [0.25, 0.3) is 0 Å². The van der Waals surface area contributed by atoms with Crippen LogP contribution in [0.4, 0.5) is 9.59 Å². The molecule has 0 saturated carbocycles. The Morgan fingerprint density at radius 1 is 1.20 bits per heavy atom. The Kier molecular flexibility index (Phi) is 9.10. The molecule has 0 aliphatic carbocycles. The molecule has 116 valence electrons. The first-order valence-corrected chi connectivity index (χ1v) is 6.60. The van der Waals surface area contributed by atoms with E-state index in [4.69, 9.17) is 10.5 Å². The lowest BCUT2D eigenvalue weighted by Crippen LogP contribution is -2.39. The zero-order valence-corrected chi connectivity index (χ0v) is 12.3. The summed E-state index contributed by atoms with van der Waals surface area (Å²) in [6.45, 7) is 6.35. The second kappa shape index (κ2) is 10.0. The fraction of sp³-hybridized carbons (Fsp3) is 0.750. The summed E-state index contributed by atoms with van der Waals surface area (Å²) in [7, 11) is 1.82. The molecule has 0 bridgehead atoms. The third kappa shape index (κ3) is 8.30. The van der Waals surface area contributed by atoms with Gasteiger partial charge in [0.05, 0.1) is 13.2 Å². The number of hydrogen-bond acceptors (Lipinski definition) is 5. The zero-order valence-electron chi connectivity index (χ0n) is 12.3. The fourth-order valence-electron chi connectivity index (χ4n) is 1.62. The van der Waals surface area contributed by atoms with E-state index in [0.29, 0.717) is 32.6 Å². The zero-order chi connectivity index (χ0) is 15.5. The number of urea groups is 1. The molecule has 0 saturated heterocycles. The molecule has 20 heavy (non-hydrogen) atoms. The monoisotopic (exact) mass is 288 g/mol. The minimum Gasteiger partial charge on any atom is -0.449 e. The summed E-state index contributed by atoms with van der Waals surface area (Å²) >= 11 is 0. The first kappa shape index (κ1) is 18.2. The van der Waals surface area contributed by atoms with Crippen molar-refractivity contribution in [2.45, 2.75) is 20.3 Å². The third-order valence-electron chi connectivity index (χ3n) is 2.66. The molecule has 3 N–H and O–H groups in total. The highest BCUT2D eigenvalue weighted by Crippen LogP contribution is 1.94. The molecule has 0 aromatic carbocycles. The van der Waals surface area contributed by atoms with E-state index in [-0.39, 0.29) is 12.5 Å². The van der Waals surface area contributed by atoms with E-state index in [9.17, 15) is 14.4 Å². The molecule has 0 rings (SSSR count). The van der Waals surface area contributed by atoms with Gasteiger partial charge in [-0.2, -0.15) is 0 Å². The van der Waals surface area contributed by atoms with Crippen molar-refractivity contribution in [3.8, 4) is 0 Å². The second-order valence-corrected chi connectivity index (χ2v) is 4.28. The summed E-state index contributed by atoms with van der Waals surface area (Å²) in [4.78, 5) is 36.7. The van der Waals surface area contributed by atoms with Crippen molar-refractivity contribution < 1.29 is 19.1 Å². The van der Waals surface area contributed by atoms with Crippen LogP contribution in [0, 0.1) is 0 Å². The molecule has 0 aromatic heterocycles. The van der Waals surface area contributed by atoms with E-state index < -0.39 is 12.1 Å². The number of hydrogen-bond donors (Lipinski definition) is 2. The molecule has 8 nitrogen and oxygen atoms in total. The number of nitrogens with two attached hydrogens (primary N) is 1. The van der Waals surface area contributed by atoms with E-state index in [1.165, 1.54) is 0 Å². The van der Waals surface area contributed by atoms with Gasteiger partial charge in [-0.15, -0.1) is 0 Å². The standard InChI is InChI=1S/C12H24N4O4/c1-4-16(5-2)10(17)9-15(3)7-6-8-20-12(19)14-11(13)18/h4-9H2,1-3H3,(H3,13,14,18,19). The van der Waals surface area contributed by atoms with E-state index in [2.05, 4.69) is 0 Å². The second-order valence-electron chi connectivity index (χ2n) is 4.28. The maximum Gasteiger partial charge on any atom is 0.415 e. The lowest BCUT2D eigenvalue weighted by molar-refractivity contribution is -0.131.